The second-order valence-corrected chi connectivity index (χ2v) is 7.85. The summed E-state index contributed by atoms with van der Waals surface area (Å²) in [5.41, 5.74) is 2.58. The fraction of sp³-hybridized carbons (Fsp3) is 0.391. The Labute approximate surface area is 175 Å². The zero-order valence-electron chi connectivity index (χ0n) is 16.7. The van der Waals surface area contributed by atoms with Gasteiger partial charge < -0.3 is 25.2 Å². The maximum Gasteiger partial charge on any atom is 0.224 e. The van der Waals surface area contributed by atoms with E-state index >= 15 is 0 Å². The van der Waals surface area contributed by atoms with Crippen LogP contribution in [0.15, 0.2) is 42.5 Å². The molecule has 158 valence electrons. The average molecular weight is 410 g/mol. The molecule has 3 N–H and O–H groups in total. The number of aromatic hydroxyl groups is 1. The quantitative estimate of drug-likeness (QED) is 0.702. The molecular weight excluding hydrogens is 384 g/mol. The first-order valence-electron chi connectivity index (χ1n) is 10.3. The van der Waals surface area contributed by atoms with Gasteiger partial charge in [0.15, 0.2) is 0 Å². The smallest absolute Gasteiger partial charge is 0.224 e. The first kappa shape index (κ1) is 20.2. The zero-order chi connectivity index (χ0) is 21.1. The van der Waals surface area contributed by atoms with Crippen molar-refractivity contribution in [2.24, 2.45) is 0 Å². The summed E-state index contributed by atoms with van der Waals surface area (Å²) in [6.45, 7) is 0.744. The Balaban J connectivity index is 1.30. The van der Waals surface area contributed by atoms with E-state index in [2.05, 4.69) is 5.32 Å². The van der Waals surface area contributed by atoms with Gasteiger partial charge in [0.2, 0.25) is 11.8 Å². The van der Waals surface area contributed by atoms with Gasteiger partial charge in [0, 0.05) is 31.5 Å². The van der Waals surface area contributed by atoms with Crippen LogP contribution >= 0.6 is 0 Å². The van der Waals surface area contributed by atoms with Crippen LogP contribution in [0.3, 0.4) is 0 Å². The van der Waals surface area contributed by atoms with Crippen LogP contribution in [0.2, 0.25) is 0 Å². The number of carbonyl (C=O) groups excluding carboxylic acids is 2. The number of nitrogens with one attached hydrogen (secondary N) is 1. The molecule has 0 spiro atoms. The number of fused-ring (bicyclic) bond motifs is 1. The van der Waals surface area contributed by atoms with Crippen LogP contribution in [0, 0.1) is 0 Å². The largest absolute Gasteiger partial charge is 0.508 e. The molecule has 2 aromatic rings. The zero-order valence-corrected chi connectivity index (χ0v) is 16.7. The number of rotatable bonds is 5. The third-order valence-corrected chi connectivity index (χ3v) is 5.73. The van der Waals surface area contributed by atoms with Crippen molar-refractivity contribution < 1.29 is 24.5 Å². The van der Waals surface area contributed by atoms with Crippen molar-refractivity contribution in [3.63, 3.8) is 0 Å². The predicted octanol–water partition coefficient (Wildman–Crippen LogP) is 2.25. The maximum absolute atomic E-state index is 12.5. The minimum atomic E-state index is -0.774. The monoisotopic (exact) mass is 410 g/mol. The molecule has 0 unspecified atom stereocenters. The van der Waals surface area contributed by atoms with Gasteiger partial charge in [-0.2, -0.15) is 0 Å². The lowest BCUT2D eigenvalue weighted by atomic mass is 10.0. The molecule has 0 aliphatic carbocycles. The molecule has 0 radical (unpaired) electrons. The summed E-state index contributed by atoms with van der Waals surface area (Å²) in [6.07, 6.45) is 1.26. The molecule has 4 rings (SSSR count). The van der Waals surface area contributed by atoms with E-state index in [1.165, 1.54) is 0 Å². The third-order valence-electron chi connectivity index (χ3n) is 5.73. The molecule has 2 aliphatic heterocycles. The second-order valence-electron chi connectivity index (χ2n) is 7.85. The number of aliphatic hydroxyl groups is 1. The van der Waals surface area contributed by atoms with Crippen molar-refractivity contribution in [2.45, 2.75) is 44.3 Å². The lowest BCUT2D eigenvalue weighted by Gasteiger charge is -2.36. The van der Waals surface area contributed by atoms with E-state index in [0.717, 1.165) is 16.8 Å². The number of carbonyl (C=O) groups is 2. The van der Waals surface area contributed by atoms with Gasteiger partial charge in [0.05, 0.1) is 6.54 Å². The second kappa shape index (κ2) is 8.75. The summed E-state index contributed by atoms with van der Waals surface area (Å²) in [7, 11) is 0. The Kier molecular flexibility index (Phi) is 5.90. The Morgan fingerprint density at radius 2 is 2.03 bits per heavy atom. The highest BCUT2D eigenvalue weighted by atomic mass is 16.5. The lowest BCUT2D eigenvalue weighted by Crippen LogP contribution is -2.51. The van der Waals surface area contributed by atoms with Crippen LogP contribution in [0.25, 0.3) is 0 Å². The molecule has 2 aromatic carbocycles. The number of phenols is 1. The SMILES string of the molecule is O=C1CCc2cc(O[C@@H]3CCN(C(=O)CCc4ccccc4O)C[C@H]3O)ccc2N1. The Morgan fingerprint density at radius 3 is 2.83 bits per heavy atom. The highest BCUT2D eigenvalue weighted by molar-refractivity contribution is 5.94. The normalized spacial score (nSPS) is 21.0. The Morgan fingerprint density at radius 1 is 1.20 bits per heavy atom. The molecule has 2 amide bonds. The number of hydrogen-bond acceptors (Lipinski definition) is 5. The predicted molar refractivity (Wildman–Crippen MR) is 111 cm³/mol. The number of anilines is 1. The summed E-state index contributed by atoms with van der Waals surface area (Å²) in [5, 5.41) is 23.2. The fourth-order valence-corrected chi connectivity index (χ4v) is 4.00. The van der Waals surface area contributed by atoms with E-state index in [4.69, 9.17) is 4.74 Å². The summed E-state index contributed by atoms with van der Waals surface area (Å²) >= 11 is 0. The number of benzene rings is 2. The van der Waals surface area contributed by atoms with Crippen molar-refractivity contribution in [1.29, 1.82) is 0 Å². The van der Waals surface area contributed by atoms with Gasteiger partial charge in [-0.1, -0.05) is 18.2 Å². The van der Waals surface area contributed by atoms with E-state index in [-0.39, 0.29) is 36.6 Å². The number of para-hydroxylation sites is 1. The van der Waals surface area contributed by atoms with Crippen LogP contribution in [0.1, 0.15) is 30.4 Å². The first-order valence-corrected chi connectivity index (χ1v) is 10.3. The number of aryl methyl sites for hydroxylation is 2. The van der Waals surface area contributed by atoms with E-state index in [1.807, 2.05) is 24.3 Å². The van der Waals surface area contributed by atoms with Crippen LogP contribution in [-0.4, -0.2) is 52.2 Å². The minimum Gasteiger partial charge on any atom is -0.508 e. The molecule has 2 atom stereocenters. The third kappa shape index (κ3) is 4.57. The number of nitrogens with zero attached hydrogens (tertiary/aromatic N) is 1. The Bertz CT molecular complexity index is 945. The summed E-state index contributed by atoms with van der Waals surface area (Å²) in [4.78, 5) is 25.7. The van der Waals surface area contributed by atoms with Gasteiger partial charge in [-0.05, 0) is 48.2 Å². The number of β-amino-alcohol motifs (C(OH)–C–C–N with tert-alkyl or cyclic N) is 1. The molecule has 0 aromatic heterocycles. The number of ether oxygens (including phenoxy) is 1. The molecular formula is C23H26N2O5. The molecule has 7 nitrogen and oxygen atoms in total. The van der Waals surface area contributed by atoms with Crippen LogP contribution < -0.4 is 10.1 Å². The number of piperidine rings is 1. The summed E-state index contributed by atoms with van der Waals surface area (Å²) < 4.78 is 6.00. The highest BCUT2D eigenvalue weighted by Gasteiger charge is 2.31. The van der Waals surface area contributed by atoms with Crippen molar-refractivity contribution >= 4 is 17.5 Å². The van der Waals surface area contributed by atoms with Gasteiger partial charge in [0.25, 0.3) is 0 Å². The molecule has 30 heavy (non-hydrogen) atoms. The van der Waals surface area contributed by atoms with Crippen molar-refractivity contribution in [3.05, 3.63) is 53.6 Å². The topological polar surface area (TPSA) is 99.1 Å². The number of amides is 2. The number of likely N-dealkylation sites (tertiary alicyclic amines) is 1. The van der Waals surface area contributed by atoms with Crippen molar-refractivity contribution in [3.8, 4) is 11.5 Å². The molecule has 1 fully saturated rings. The number of aliphatic hydroxyl groups excluding tert-OH is 1. The molecule has 0 saturated carbocycles. The molecule has 7 heteroatoms. The van der Waals surface area contributed by atoms with E-state index in [1.54, 1.807) is 23.1 Å². The van der Waals surface area contributed by atoms with Gasteiger partial charge >= 0.3 is 0 Å². The van der Waals surface area contributed by atoms with E-state index in [0.29, 0.717) is 38.0 Å². The maximum atomic E-state index is 12.5. The summed E-state index contributed by atoms with van der Waals surface area (Å²) in [5.74, 6) is 0.835. The molecule has 2 heterocycles. The number of phenolic OH excluding ortho intramolecular Hbond substituents is 1. The standard InChI is InChI=1S/C23H26N2O5/c26-19-4-2-1-3-15(19)6-10-23(29)25-12-11-21(20(27)14-25)30-17-7-8-18-16(13-17)5-9-22(28)24-18/h1-4,7-8,13,20-21,26-27H,5-6,9-12,14H2,(H,24,28)/t20-,21-/m1/s1. The van der Waals surface area contributed by atoms with Crippen molar-refractivity contribution in [2.75, 3.05) is 18.4 Å². The molecule has 2 aliphatic rings. The van der Waals surface area contributed by atoms with Crippen LogP contribution in [-0.2, 0) is 22.4 Å². The molecule has 0 bridgehead atoms. The van der Waals surface area contributed by atoms with Gasteiger partial charge in [-0.15, -0.1) is 0 Å². The first-order chi connectivity index (χ1) is 14.5. The lowest BCUT2D eigenvalue weighted by molar-refractivity contribution is -0.137. The fourth-order valence-electron chi connectivity index (χ4n) is 4.00. The Hall–Kier alpha value is -3.06. The van der Waals surface area contributed by atoms with Crippen molar-refractivity contribution in [1.82, 2.24) is 4.90 Å². The van der Waals surface area contributed by atoms with Crippen LogP contribution in [0.5, 0.6) is 11.5 Å². The van der Waals surface area contributed by atoms with E-state index < -0.39 is 6.10 Å². The molecule has 1 saturated heterocycles. The summed E-state index contributed by atoms with van der Waals surface area (Å²) in [6, 6.07) is 12.5. The highest BCUT2D eigenvalue weighted by Crippen LogP contribution is 2.29. The van der Waals surface area contributed by atoms with Gasteiger partial charge in [-0.3, -0.25) is 9.59 Å². The van der Waals surface area contributed by atoms with E-state index in [9.17, 15) is 19.8 Å². The van der Waals surface area contributed by atoms with Gasteiger partial charge in [0.1, 0.15) is 23.7 Å². The minimum absolute atomic E-state index is 0.0195. The average Bonchev–Trinajstić information content (AvgIpc) is 2.74. The number of hydrogen-bond donors (Lipinski definition) is 3. The van der Waals surface area contributed by atoms with Crippen LogP contribution in [0.4, 0.5) is 5.69 Å². The van der Waals surface area contributed by atoms with Gasteiger partial charge in [-0.25, -0.2) is 0 Å².